The fourth-order valence-electron chi connectivity index (χ4n) is 2.92. The van der Waals surface area contributed by atoms with Crippen molar-refractivity contribution < 1.29 is 9.53 Å². The lowest BCUT2D eigenvalue weighted by molar-refractivity contribution is -0.118. The molecule has 29 heavy (non-hydrogen) atoms. The highest BCUT2D eigenvalue weighted by atomic mass is 32.2. The zero-order valence-corrected chi connectivity index (χ0v) is 17.4. The van der Waals surface area contributed by atoms with Crippen molar-refractivity contribution in [3.05, 3.63) is 72.1 Å². The summed E-state index contributed by atoms with van der Waals surface area (Å²) in [4.78, 5) is 12.1. The first-order chi connectivity index (χ1) is 14.3. The van der Waals surface area contributed by atoms with E-state index < -0.39 is 0 Å². The second-order valence-electron chi connectivity index (χ2n) is 6.54. The first-order valence-electron chi connectivity index (χ1n) is 9.70. The van der Waals surface area contributed by atoms with E-state index in [0.29, 0.717) is 18.9 Å². The van der Waals surface area contributed by atoms with Gasteiger partial charge in [-0.15, -0.1) is 10.2 Å². The fraction of sp³-hybridized carbons (Fsp3) is 0.318. The number of thioether (sulfide) groups is 1. The van der Waals surface area contributed by atoms with Crippen molar-refractivity contribution in [1.82, 2.24) is 20.1 Å². The number of ether oxygens (including phenoxy) is 1. The molecular formula is C22H26N4O2S. The highest BCUT2D eigenvalue weighted by Crippen LogP contribution is 2.22. The molecule has 2 aromatic carbocycles. The van der Waals surface area contributed by atoms with Crippen molar-refractivity contribution in [2.45, 2.75) is 24.4 Å². The molecule has 0 saturated carbocycles. The van der Waals surface area contributed by atoms with Gasteiger partial charge in [-0.05, 0) is 30.5 Å². The number of nitrogens with one attached hydrogen (secondary N) is 1. The third-order valence-corrected chi connectivity index (χ3v) is 5.30. The minimum atomic E-state index is -0.0143. The van der Waals surface area contributed by atoms with E-state index in [0.717, 1.165) is 35.9 Å². The van der Waals surface area contributed by atoms with E-state index in [1.54, 1.807) is 7.11 Å². The van der Waals surface area contributed by atoms with Crippen molar-refractivity contribution in [3.63, 3.8) is 0 Å². The number of benzene rings is 2. The number of amides is 1. The van der Waals surface area contributed by atoms with Crippen molar-refractivity contribution in [2.24, 2.45) is 0 Å². The normalized spacial score (nSPS) is 10.8. The van der Waals surface area contributed by atoms with Crippen molar-refractivity contribution >= 4 is 17.7 Å². The number of hydrogen-bond acceptors (Lipinski definition) is 5. The van der Waals surface area contributed by atoms with E-state index >= 15 is 0 Å². The van der Waals surface area contributed by atoms with E-state index in [9.17, 15) is 4.79 Å². The van der Waals surface area contributed by atoms with Crippen LogP contribution in [0.15, 0.2) is 65.8 Å². The number of aromatic nitrogens is 3. The van der Waals surface area contributed by atoms with Gasteiger partial charge in [0.15, 0.2) is 5.16 Å². The molecule has 1 N–H and O–H groups in total. The molecule has 0 aliphatic carbocycles. The molecule has 0 bridgehead atoms. The van der Waals surface area contributed by atoms with E-state index in [1.165, 1.54) is 17.3 Å². The Morgan fingerprint density at radius 2 is 1.76 bits per heavy atom. The maximum absolute atomic E-state index is 12.1. The third kappa shape index (κ3) is 6.44. The van der Waals surface area contributed by atoms with Crippen LogP contribution in [-0.4, -0.2) is 46.7 Å². The number of methoxy groups -OCH3 is 1. The number of carbonyl (C=O) groups is 1. The lowest BCUT2D eigenvalue weighted by Crippen LogP contribution is -2.27. The molecule has 3 rings (SSSR count). The van der Waals surface area contributed by atoms with E-state index in [2.05, 4.69) is 27.6 Å². The van der Waals surface area contributed by atoms with Crippen LogP contribution in [0, 0.1) is 0 Å². The van der Waals surface area contributed by atoms with Crippen LogP contribution in [0.3, 0.4) is 0 Å². The van der Waals surface area contributed by atoms with E-state index in [4.69, 9.17) is 4.74 Å². The molecule has 152 valence electrons. The minimum Gasteiger partial charge on any atom is -0.385 e. The van der Waals surface area contributed by atoms with Gasteiger partial charge in [0.1, 0.15) is 5.82 Å². The van der Waals surface area contributed by atoms with E-state index in [1.807, 2.05) is 53.1 Å². The van der Waals surface area contributed by atoms with Gasteiger partial charge in [-0.3, -0.25) is 9.36 Å². The largest absolute Gasteiger partial charge is 0.385 e. The number of carbonyl (C=O) groups excluding carboxylic acids is 1. The maximum atomic E-state index is 12.1. The fourth-order valence-corrected chi connectivity index (χ4v) is 3.72. The molecule has 0 fully saturated rings. The Labute approximate surface area is 175 Å². The summed E-state index contributed by atoms with van der Waals surface area (Å²) in [5.74, 6) is 1.18. The molecule has 1 amide bonds. The summed E-state index contributed by atoms with van der Waals surface area (Å²) in [7, 11) is 1.66. The van der Waals surface area contributed by atoms with Crippen molar-refractivity contribution in [3.8, 4) is 5.69 Å². The van der Waals surface area contributed by atoms with Gasteiger partial charge in [0.25, 0.3) is 0 Å². The molecule has 0 spiro atoms. The summed E-state index contributed by atoms with van der Waals surface area (Å²) in [6, 6.07) is 20.4. The Bertz CT molecular complexity index is 884. The Morgan fingerprint density at radius 3 is 2.48 bits per heavy atom. The number of hydrogen-bond donors (Lipinski definition) is 1. The van der Waals surface area contributed by atoms with E-state index in [-0.39, 0.29) is 5.91 Å². The maximum Gasteiger partial charge on any atom is 0.230 e. The highest BCUT2D eigenvalue weighted by Gasteiger charge is 2.15. The molecule has 3 aromatic rings. The van der Waals surface area contributed by atoms with Gasteiger partial charge in [0.05, 0.1) is 5.75 Å². The molecule has 0 aliphatic rings. The lowest BCUT2D eigenvalue weighted by Gasteiger charge is -2.10. The molecule has 0 radical (unpaired) electrons. The summed E-state index contributed by atoms with van der Waals surface area (Å²) in [6.07, 6.45) is 2.46. The molecule has 0 atom stereocenters. The standard InChI is InChI=1S/C22H26N4O2S/c1-28-16-8-15-23-21(27)17-29-22-25-24-20(14-13-18-9-4-2-5-10-18)26(22)19-11-6-3-7-12-19/h2-7,9-12H,8,13-17H2,1H3,(H,23,27). The van der Waals surface area contributed by atoms with Crippen molar-refractivity contribution in [1.29, 1.82) is 0 Å². The second-order valence-corrected chi connectivity index (χ2v) is 7.48. The quantitative estimate of drug-likeness (QED) is 0.388. The summed E-state index contributed by atoms with van der Waals surface area (Å²) >= 11 is 1.40. The van der Waals surface area contributed by atoms with Crippen LogP contribution in [0.5, 0.6) is 0 Å². The number of nitrogens with zero attached hydrogens (tertiary/aromatic N) is 3. The average Bonchev–Trinajstić information content (AvgIpc) is 3.18. The van der Waals surface area contributed by atoms with Crippen molar-refractivity contribution in [2.75, 3.05) is 26.0 Å². The van der Waals surface area contributed by atoms with Crippen LogP contribution in [-0.2, 0) is 22.4 Å². The zero-order valence-electron chi connectivity index (χ0n) is 16.6. The monoisotopic (exact) mass is 410 g/mol. The van der Waals surface area contributed by atoms with Crippen LogP contribution in [0.1, 0.15) is 17.8 Å². The summed E-state index contributed by atoms with van der Waals surface area (Å²) < 4.78 is 7.04. The molecule has 6 nitrogen and oxygen atoms in total. The average molecular weight is 411 g/mol. The van der Waals surface area contributed by atoms with Gasteiger partial charge in [-0.1, -0.05) is 60.3 Å². The Morgan fingerprint density at radius 1 is 1.03 bits per heavy atom. The molecule has 0 unspecified atom stereocenters. The number of para-hydroxylation sites is 1. The third-order valence-electron chi connectivity index (χ3n) is 4.37. The zero-order chi connectivity index (χ0) is 20.3. The molecule has 7 heteroatoms. The van der Waals surface area contributed by atoms with Crippen LogP contribution in [0.2, 0.25) is 0 Å². The van der Waals surface area contributed by atoms with Gasteiger partial charge in [0, 0.05) is 32.4 Å². The Balaban J connectivity index is 1.68. The second kappa shape index (κ2) is 11.4. The summed E-state index contributed by atoms with van der Waals surface area (Å²) in [6.45, 7) is 1.25. The van der Waals surface area contributed by atoms with Gasteiger partial charge in [-0.25, -0.2) is 0 Å². The molecule has 1 heterocycles. The summed E-state index contributed by atoms with van der Waals surface area (Å²) in [5.41, 5.74) is 2.27. The smallest absolute Gasteiger partial charge is 0.230 e. The molecule has 0 saturated heterocycles. The number of rotatable bonds is 11. The minimum absolute atomic E-state index is 0.0143. The Kier molecular flexibility index (Phi) is 8.27. The molecule has 1 aromatic heterocycles. The van der Waals surface area contributed by atoms with Crippen LogP contribution < -0.4 is 5.32 Å². The first kappa shape index (κ1) is 21.1. The molecular weight excluding hydrogens is 384 g/mol. The first-order valence-corrected chi connectivity index (χ1v) is 10.7. The topological polar surface area (TPSA) is 69.0 Å². The van der Waals surface area contributed by atoms with Gasteiger partial charge in [-0.2, -0.15) is 0 Å². The Hall–Kier alpha value is -2.64. The predicted molar refractivity (Wildman–Crippen MR) is 115 cm³/mol. The van der Waals surface area contributed by atoms with Crippen LogP contribution >= 0.6 is 11.8 Å². The highest BCUT2D eigenvalue weighted by molar-refractivity contribution is 7.99. The van der Waals surface area contributed by atoms with Crippen LogP contribution in [0.4, 0.5) is 0 Å². The SMILES string of the molecule is COCCCNC(=O)CSc1nnc(CCc2ccccc2)n1-c1ccccc1. The summed E-state index contributed by atoms with van der Waals surface area (Å²) in [5, 5.41) is 12.4. The lowest BCUT2D eigenvalue weighted by atomic mass is 10.1. The van der Waals surface area contributed by atoms with Gasteiger partial charge < -0.3 is 10.1 Å². The molecule has 0 aliphatic heterocycles. The predicted octanol–water partition coefficient (Wildman–Crippen LogP) is 3.30. The number of aryl methyl sites for hydroxylation is 2. The van der Waals surface area contributed by atoms with Gasteiger partial charge >= 0.3 is 0 Å². The van der Waals surface area contributed by atoms with Crippen LogP contribution in [0.25, 0.3) is 5.69 Å². The van der Waals surface area contributed by atoms with Gasteiger partial charge in [0.2, 0.25) is 5.91 Å².